The standard InChI is InChI=1S/C18H20N2O4S2/c1-5-12-10(3)26-15(14(12)17(23)24-4)20-18(25)19-13-8-11(16(21)22)7-6-9(13)2/h6-8H,5H2,1-4H3,(H,21,22)(H2,19,20,25). The topological polar surface area (TPSA) is 87.7 Å². The molecule has 26 heavy (non-hydrogen) atoms. The Kier molecular flexibility index (Phi) is 6.33. The van der Waals surface area contributed by atoms with Crippen molar-refractivity contribution in [3.63, 3.8) is 0 Å². The Morgan fingerprint density at radius 2 is 1.96 bits per heavy atom. The lowest BCUT2D eigenvalue weighted by molar-refractivity contribution is 0.0600. The van der Waals surface area contributed by atoms with Crippen LogP contribution in [0.25, 0.3) is 0 Å². The van der Waals surface area contributed by atoms with E-state index in [0.29, 0.717) is 22.7 Å². The Labute approximate surface area is 161 Å². The Bertz CT molecular complexity index is 874. The van der Waals surface area contributed by atoms with Gasteiger partial charge < -0.3 is 20.5 Å². The van der Waals surface area contributed by atoms with Crippen LogP contribution in [0.15, 0.2) is 18.2 Å². The van der Waals surface area contributed by atoms with Crippen LogP contribution in [-0.2, 0) is 11.2 Å². The fourth-order valence-corrected chi connectivity index (χ4v) is 3.97. The van der Waals surface area contributed by atoms with Gasteiger partial charge in [0.05, 0.1) is 18.2 Å². The zero-order valence-electron chi connectivity index (χ0n) is 14.9. The summed E-state index contributed by atoms with van der Waals surface area (Å²) >= 11 is 6.77. The zero-order valence-corrected chi connectivity index (χ0v) is 16.6. The smallest absolute Gasteiger partial charge is 0.341 e. The number of ether oxygens (including phenoxy) is 1. The molecule has 0 amide bonds. The number of methoxy groups -OCH3 is 1. The van der Waals surface area contributed by atoms with Gasteiger partial charge in [-0.05, 0) is 55.7 Å². The van der Waals surface area contributed by atoms with Crippen molar-refractivity contribution < 1.29 is 19.4 Å². The van der Waals surface area contributed by atoms with Crippen molar-refractivity contribution >= 4 is 51.3 Å². The fraction of sp³-hybridized carbons (Fsp3) is 0.278. The molecule has 0 saturated heterocycles. The first-order valence-electron chi connectivity index (χ1n) is 7.91. The second-order valence-corrected chi connectivity index (χ2v) is 7.23. The maximum atomic E-state index is 12.2. The molecule has 0 aliphatic rings. The Hall–Kier alpha value is -2.45. The van der Waals surface area contributed by atoms with Crippen molar-refractivity contribution in [1.82, 2.24) is 0 Å². The summed E-state index contributed by atoms with van der Waals surface area (Å²) < 4.78 is 4.89. The van der Waals surface area contributed by atoms with E-state index >= 15 is 0 Å². The molecule has 0 aliphatic heterocycles. The molecule has 6 nitrogen and oxygen atoms in total. The van der Waals surface area contributed by atoms with E-state index < -0.39 is 11.9 Å². The molecule has 1 heterocycles. The number of benzene rings is 1. The number of thiocarbonyl (C=S) groups is 1. The van der Waals surface area contributed by atoms with Crippen LogP contribution < -0.4 is 10.6 Å². The van der Waals surface area contributed by atoms with Crippen LogP contribution in [0.1, 0.15) is 43.6 Å². The number of rotatable bonds is 5. The predicted molar refractivity (Wildman–Crippen MR) is 108 cm³/mol. The van der Waals surface area contributed by atoms with Gasteiger partial charge in [-0.15, -0.1) is 11.3 Å². The van der Waals surface area contributed by atoms with Crippen LogP contribution in [0.2, 0.25) is 0 Å². The normalized spacial score (nSPS) is 10.3. The van der Waals surface area contributed by atoms with Crippen molar-refractivity contribution in [3.8, 4) is 0 Å². The van der Waals surface area contributed by atoms with E-state index in [2.05, 4.69) is 10.6 Å². The largest absolute Gasteiger partial charge is 0.478 e. The van der Waals surface area contributed by atoms with Gasteiger partial charge >= 0.3 is 11.9 Å². The lowest BCUT2D eigenvalue weighted by atomic mass is 10.1. The molecule has 0 spiro atoms. The summed E-state index contributed by atoms with van der Waals surface area (Å²) in [5.74, 6) is -1.43. The summed E-state index contributed by atoms with van der Waals surface area (Å²) in [4.78, 5) is 24.3. The highest BCUT2D eigenvalue weighted by Gasteiger charge is 2.22. The van der Waals surface area contributed by atoms with Crippen molar-refractivity contribution in [2.45, 2.75) is 27.2 Å². The van der Waals surface area contributed by atoms with Gasteiger partial charge in [0.15, 0.2) is 5.11 Å². The lowest BCUT2D eigenvalue weighted by Gasteiger charge is -2.13. The third kappa shape index (κ3) is 4.20. The number of hydrogen-bond acceptors (Lipinski definition) is 5. The number of nitrogens with one attached hydrogen (secondary N) is 2. The van der Waals surface area contributed by atoms with Crippen LogP contribution in [-0.4, -0.2) is 29.3 Å². The molecule has 138 valence electrons. The molecule has 0 bridgehead atoms. The van der Waals surface area contributed by atoms with Crippen LogP contribution in [0, 0.1) is 13.8 Å². The third-order valence-electron chi connectivity index (χ3n) is 3.91. The van der Waals surface area contributed by atoms with Crippen molar-refractivity contribution in [2.24, 2.45) is 0 Å². The van der Waals surface area contributed by atoms with E-state index in [-0.39, 0.29) is 10.7 Å². The molecule has 0 fully saturated rings. The number of esters is 1. The molecule has 2 rings (SSSR count). The van der Waals surface area contributed by atoms with Crippen LogP contribution in [0.4, 0.5) is 10.7 Å². The second-order valence-electron chi connectivity index (χ2n) is 5.60. The highest BCUT2D eigenvalue weighted by molar-refractivity contribution is 7.80. The maximum absolute atomic E-state index is 12.2. The number of thiophene rings is 1. The van der Waals surface area contributed by atoms with E-state index in [4.69, 9.17) is 22.1 Å². The first-order chi connectivity index (χ1) is 12.3. The predicted octanol–water partition coefficient (Wildman–Crippen LogP) is 4.22. The summed E-state index contributed by atoms with van der Waals surface area (Å²) in [6, 6.07) is 4.76. The maximum Gasteiger partial charge on any atom is 0.341 e. The van der Waals surface area contributed by atoms with E-state index in [9.17, 15) is 9.59 Å². The number of carboxylic acids is 1. The van der Waals surface area contributed by atoms with Crippen molar-refractivity contribution in [1.29, 1.82) is 0 Å². The molecule has 0 radical (unpaired) electrons. The summed E-state index contributed by atoms with van der Waals surface area (Å²) in [5, 5.41) is 16.0. The molecular weight excluding hydrogens is 372 g/mol. The molecular formula is C18H20N2O4S2. The quantitative estimate of drug-likeness (QED) is 0.519. The molecule has 2 aromatic rings. The SMILES string of the molecule is CCc1c(C)sc(NC(=S)Nc2cc(C(=O)O)ccc2C)c1C(=O)OC. The summed E-state index contributed by atoms with van der Waals surface area (Å²) in [6.07, 6.45) is 0.703. The fourth-order valence-electron chi connectivity index (χ4n) is 2.56. The molecule has 3 N–H and O–H groups in total. The van der Waals surface area contributed by atoms with E-state index in [1.165, 1.54) is 30.6 Å². The van der Waals surface area contributed by atoms with E-state index in [0.717, 1.165) is 16.0 Å². The van der Waals surface area contributed by atoms with E-state index in [1.807, 2.05) is 20.8 Å². The first kappa shape index (κ1) is 19.9. The molecule has 1 aromatic heterocycles. The van der Waals surface area contributed by atoms with Gasteiger partial charge in [-0.25, -0.2) is 9.59 Å². The van der Waals surface area contributed by atoms with Gasteiger partial charge in [0.2, 0.25) is 0 Å². The van der Waals surface area contributed by atoms with Gasteiger partial charge in [0.1, 0.15) is 5.00 Å². The van der Waals surface area contributed by atoms with E-state index in [1.54, 1.807) is 6.07 Å². The number of carboxylic acid groups (broad SMARTS) is 1. The highest BCUT2D eigenvalue weighted by Crippen LogP contribution is 2.34. The Morgan fingerprint density at radius 3 is 2.54 bits per heavy atom. The summed E-state index contributed by atoms with van der Waals surface area (Å²) in [6.45, 7) is 5.77. The second kappa shape index (κ2) is 8.29. The number of hydrogen-bond donors (Lipinski definition) is 3. The van der Waals surface area contributed by atoms with Crippen LogP contribution in [0.3, 0.4) is 0 Å². The van der Waals surface area contributed by atoms with Gasteiger partial charge in [-0.2, -0.15) is 0 Å². The average Bonchev–Trinajstić information content (AvgIpc) is 2.90. The minimum absolute atomic E-state index is 0.163. The Morgan fingerprint density at radius 1 is 1.27 bits per heavy atom. The highest BCUT2D eigenvalue weighted by atomic mass is 32.1. The zero-order chi connectivity index (χ0) is 19.4. The van der Waals surface area contributed by atoms with Gasteiger partial charge in [0.25, 0.3) is 0 Å². The third-order valence-corrected chi connectivity index (χ3v) is 5.18. The molecule has 0 unspecified atom stereocenters. The first-order valence-corrected chi connectivity index (χ1v) is 9.13. The van der Waals surface area contributed by atoms with Gasteiger partial charge in [-0.3, -0.25) is 0 Å². The molecule has 8 heteroatoms. The van der Waals surface area contributed by atoms with Crippen LogP contribution >= 0.6 is 23.6 Å². The monoisotopic (exact) mass is 392 g/mol. The minimum Gasteiger partial charge on any atom is -0.478 e. The molecule has 0 atom stereocenters. The number of carbonyl (C=O) groups excluding carboxylic acids is 1. The van der Waals surface area contributed by atoms with Crippen LogP contribution in [0.5, 0.6) is 0 Å². The van der Waals surface area contributed by atoms with Crippen molar-refractivity contribution in [2.75, 3.05) is 17.7 Å². The molecule has 0 saturated carbocycles. The van der Waals surface area contributed by atoms with Gasteiger partial charge in [-0.1, -0.05) is 13.0 Å². The average molecular weight is 393 g/mol. The number of anilines is 2. The van der Waals surface area contributed by atoms with Crippen molar-refractivity contribution in [3.05, 3.63) is 45.3 Å². The number of aryl methyl sites for hydroxylation is 2. The molecule has 1 aromatic carbocycles. The Balaban J connectivity index is 2.27. The van der Waals surface area contributed by atoms with Gasteiger partial charge in [0, 0.05) is 10.6 Å². The minimum atomic E-state index is -1.01. The number of carbonyl (C=O) groups is 2. The summed E-state index contributed by atoms with van der Waals surface area (Å²) in [5.41, 5.74) is 3.01. The lowest BCUT2D eigenvalue weighted by Crippen LogP contribution is -2.21. The molecule has 0 aliphatic carbocycles. The summed E-state index contributed by atoms with van der Waals surface area (Å²) in [7, 11) is 1.34. The number of aromatic carboxylic acids is 1.